The third kappa shape index (κ3) is 3.55. The standard InChI is InChI=1S/C18H22N6O2/c1-13-3-4-16(26-13)11-23-5-6-24-10-15(21-17(24)12-23)8-19-18(25)14-7-20-22(2)9-14/h3-4,7,9-10H,5-6,8,11-12H2,1-2H3,(H,19,25). The molecule has 0 unspecified atom stereocenters. The van der Waals surface area contributed by atoms with Crippen LogP contribution in [0.25, 0.3) is 0 Å². The number of nitrogens with one attached hydrogen (secondary N) is 1. The Labute approximate surface area is 151 Å². The fourth-order valence-electron chi connectivity index (χ4n) is 3.18. The molecule has 3 aromatic rings. The number of aromatic nitrogens is 4. The van der Waals surface area contributed by atoms with Crippen LogP contribution in [0.4, 0.5) is 0 Å². The molecule has 8 heteroatoms. The number of aryl methyl sites for hydroxylation is 2. The van der Waals surface area contributed by atoms with Crippen molar-refractivity contribution in [1.82, 2.24) is 29.5 Å². The predicted molar refractivity (Wildman–Crippen MR) is 94.2 cm³/mol. The topological polar surface area (TPSA) is 81.1 Å². The summed E-state index contributed by atoms with van der Waals surface area (Å²) in [7, 11) is 1.79. The molecule has 1 amide bonds. The van der Waals surface area contributed by atoms with Crippen molar-refractivity contribution < 1.29 is 9.21 Å². The lowest BCUT2D eigenvalue weighted by atomic mass is 10.3. The Hall–Kier alpha value is -2.87. The van der Waals surface area contributed by atoms with E-state index in [9.17, 15) is 4.79 Å². The first kappa shape index (κ1) is 16.6. The predicted octanol–water partition coefficient (Wildman–Crippen LogP) is 1.46. The van der Waals surface area contributed by atoms with Crippen LogP contribution in [0.1, 0.15) is 33.4 Å². The SMILES string of the molecule is Cc1ccc(CN2CCn3cc(CNC(=O)c4cnn(C)c4)nc3C2)o1. The summed E-state index contributed by atoms with van der Waals surface area (Å²) in [5.74, 6) is 2.79. The number of fused-ring (bicyclic) bond motifs is 1. The number of rotatable bonds is 5. The number of furan rings is 1. The van der Waals surface area contributed by atoms with Gasteiger partial charge in [-0.15, -0.1) is 0 Å². The van der Waals surface area contributed by atoms with Crippen LogP contribution < -0.4 is 5.32 Å². The largest absolute Gasteiger partial charge is 0.465 e. The summed E-state index contributed by atoms with van der Waals surface area (Å²) in [6.07, 6.45) is 5.27. The Kier molecular flexibility index (Phi) is 4.34. The number of carbonyl (C=O) groups is 1. The van der Waals surface area contributed by atoms with Crippen molar-refractivity contribution >= 4 is 5.91 Å². The van der Waals surface area contributed by atoms with Gasteiger partial charge < -0.3 is 14.3 Å². The van der Waals surface area contributed by atoms with E-state index in [4.69, 9.17) is 4.42 Å². The van der Waals surface area contributed by atoms with E-state index in [2.05, 4.69) is 24.9 Å². The van der Waals surface area contributed by atoms with Gasteiger partial charge in [0, 0.05) is 32.5 Å². The number of hydrogen-bond donors (Lipinski definition) is 1. The molecular weight excluding hydrogens is 332 g/mol. The highest BCUT2D eigenvalue weighted by atomic mass is 16.3. The molecule has 0 radical (unpaired) electrons. The van der Waals surface area contributed by atoms with E-state index in [1.54, 1.807) is 24.1 Å². The maximum atomic E-state index is 12.1. The molecule has 0 aromatic carbocycles. The van der Waals surface area contributed by atoms with Crippen LogP contribution in [0.3, 0.4) is 0 Å². The first-order valence-corrected chi connectivity index (χ1v) is 8.66. The highest BCUT2D eigenvalue weighted by Gasteiger charge is 2.20. The molecule has 0 aliphatic carbocycles. The summed E-state index contributed by atoms with van der Waals surface area (Å²) in [4.78, 5) is 19.1. The Morgan fingerprint density at radius 1 is 1.31 bits per heavy atom. The van der Waals surface area contributed by atoms with Gasteiger partial charge in [0.2, 0.25) is 0 Å². The van der Waals surface area contributed by atoms with Crippen LogP contribution in [0.5, 0.6) is 0 Å². The van der Waals surface area contributed by atoms with Crippen molar-refractivity contribution in [3.63, 3.8) is 0 Å². The lowest BCUT2D eigenvalue weighted by Gasteiger charge is -2.26. The van der Waals surface area contributed by atoms with Gasteiger partial charge in [0.05, 0.1) is 37.1 Å². The van der Waals surface area contributed by atoms with Crippen LogP contribution >= 0.6 is 0 Å². The summed E-state index contributed by atoms with van der Waals surface area (Å²) >= 11 is 0. The lowest BCUT2D eigenvalue weighted by molar-refractivity contribution is 0.0950. The zero-order valence-electron chi connectivity index (χ0n) is 15.0. The van der Waals surface area contributed by atoms with E-state index in [1.165, 1.54) is 0 Å². The van der Waals surface area contributed by atoms with Crippen molar-refractivity contribution in [3.8, 4) is 0 Å². The van der Waals surface area contributed by atoms with Crippen LogP contribution in [0.2, 0.25) is 0 Å². The number of imidazole rings is 1. The van der Waals surface area contributed by atoms with E-state index >= 15 is 0 Å². The lowest BCUT2D eigenvalue weighted by Crippen LogP contribution is -2.33. The van der Waals surface area contributed by atoms with Crippen LogP contribution in [-0.2, 0) is 33.2 Å². The van der Waals surface area contributed by atoms with Crippen molar-refractivity contribution in [2.45, 2.75) is 33.1 Å². The molecule has 4 rings (SSSR count). The summed E-state index contributed by atoms with van der Waals surface area (Å²) in [6, 6.07) is 4.01. The van der Waals surface area contributed by atoms with Gasteiger partial charge in [0.15, 0.2) is 0 Å². The van der Waals surface area contributed by atoms with Gasteiger partial charge >= 0.3 is 0 Å². The first-order chi connectivity index (χ1) is 12.6. The zero-order chi connectivity index (χ0) is 18.1. The van der Waals surface area contributed by atoms with E-state index in [0.29, 0.717) is 12.1 Å². The molecule has 0 saturated carbocycles. The third-order valence-electron chi connectivity index (χ3n) is 4.50. The molecule has 26 heavy (non-hydrogen) atoms. The molecule has 0 fully saturated rings. The van der Waals surface area contributed by atoms with Crippen molar-refractivity contribution in [2.24, 2.45) is 7.05 Å². The second-order valence-corrected chi connectivity index (χ2v) is 6.65. The van der Waals surface area contributed by atoms with Gasteiger partial charge in [0.25, 0.3) is 5.91 Å². The van der Waals surface area contributed by atoms with Gasteiger partial charge in [0.1, 0.15) is 17.3 Å². The monoisotopic (exact) mass is 354 g/mol. The molecule has 1 aliphatic rings. The maximum absolute atomic E-state index is 12.1. The number of hydrogen-bond acceptors (Lipinski definition) is 5. The first-order valence-electron chi connectivity index (χ1n) is 8.66. The molecule has 1 N–H and O–H groups in total. The Morgan fingerprint density at radius 3 is 2.92 bits per heavy atom. The Bertz CT molecular complexity index is 922. The van der Waals surface area contributed by atoms with Crippen LogP contribution in [-0.4, -0.2) is 36.7 Å². The molecule has 0 saturated heterocycles. The molecule has 136 valence electrons. The summed E-state index contributed by atoms with van der Waals surface area (Å²) in [5.41, 5.74) is 1.42. The van der Waals surface area contributed by atoms with E-state index in [-0.39, 0.29) is 5.91 Å². The number of carbonyl (C=O) groups excluding carboxylic acids is 1. The maximum Gasteiger partial charge on any atom is 0.254 e. The molecule has 0 atom stereocenters. The second-order valence-electron chi connectivity index (χ2n) is 6.65. The third-order valence-corrected chi connectivity index (χ3v) is 4.50. The summed E-state index contributed by atoms with van der Waals surface area (Å²) in [5, 5.41) is 6.91. The van der Waals surface area contributed by atoms with Gasteiger partial charge in [-0.25, -0.2) is 4.98 Å². The normalized spacial score (nSPS) is 14.4. The van der Waals surface area contributed by atoms with Crippen LogP contribution in [0, 0.1) is 6.92 Å². The molecule has 4 heterocycles. The second kappa shape index (κ2) is 6.80. The molecule has 0 spiro atoms. The van der Waals surface area contributed by atoms with Gasteiger partial charge in [-0.3, -0.25) is 14.4 Å². The van der Waals surface area contributed by atoms with Crippen molar-refractivity contribution in [1.29, 1.82) is 0 Å². The minimum atomic E-state index is -0.140. The quantitative estimate of drug-likeness (QED) is 0.750. The van der Waals surface area contributed by atoms with Gasteiger partial charge in [-0.1, -0.05) is 0 Å². The minimum absolute atomic E-state index is 0.140. The fraction of sp³-hybridized carbons (Fsp3) is 0.389. The zero-order valence-corrected chi connectivity index (χ0v) is 15.0. The number of amides is 1. The van der Waals surface area contributed by atoms with Gasteiger partial charge in [-0.05, 0) is 19.1 Å². The van der Waals surface area contributed by atoms with Crippen LogP contribution in [0.15, 0.2) is 35.1 Å². The highest BCUT2D eigenvalue weighted by Crippen LogP contribution is 2.17. The fourth-order valence-corrected chi connectivity index (χ4v) is 3.18. The smallest absolute Gasteiger partial charge is 0.254 e. The van der Waals surface area contributed by atoms with E-state index in [0.717, 1.165) is 49.2 Å². The van der Waals surface area contributed by atoms with Crippen molar-refractivity contribution in [2.75, 3.05) is 6.54 Å². The van der Waals surface area contributed by atoms with E-state index < -0.39 is 0 Å². The number of nitrogens with zero attached hydrogens (tertiary/aromatic N) is 5. The molecule has 1 aliphatic heterocycles. The molecule has 3 aromatic heterocycles. The Morgan fingerprint density at radius 2 is 2.19 bits per heavy atom. The molecular formula is C18H22N6O2. The van der Waals surface area contributed by atoms with Crippen molar-refractivity contribution in [3.05, 3.63) is 59.3 Å². The Balaban J connectivity index is 1.35. The molecule has 8 nitrogen and oxygen atoms in total. The van der Waals surface area contributed by atoms with Gasteiger partial charge in [-0.2, -0.15) is 5.10 Å². The molecule has 0 bridgehead atoms. The summed E-state index contributed by atoms with van der Waals surface area (Å²) < 4.78 is 9.44. The average Bonchev–Trinajstić information content (AvgIpc) is 3.32. The highest BCUT2D eigenvalue weighted by molar-refractivity contribution is 5.93. The minimum Gasteiger partial charge on any atom is -0.465 e. The summed E-state index contributed by atoms with van der Waals surface area (Å²) in [6.45, 7) is 5.76. The van der Waals surface area contributed by atoms with E-state index in [1.807, 2.05) is 25.3 Å². The average molecular weight is 354 g/mol.